The molecule has 0 aliphatic carbocycles. The lowest BCUT2D eigenvalue weighted by Gasteiger charge is -2.21. The molecule has 0 atom stereocenters. The Kier molecular flexibility index (Phi) is 3.50. The Bertz CT molecular complexity index is 846. The van der Waals surface area contributed by atoms with Gasteiger partial charge in [0.1, 0.15) is 11.4 Å². The molecule has 2 N–H and O–H groups in total. The van der Waals surface area contributed by atoms with Crippen molar-refractivity contribution in [2.75, 3.05) is 16.6 Å². The molecule has 114 valence electrons. The topological polar surface area (TPSA) is 84.5 Å². The molecule has 1 aliphatic heterocycles. The third-order valence-corrected chi connectivity index (χ3v) is 4.56. The van der Waals surface area contributed by atoms with Crippen LogP contribution in [-0.2, 0) is 14.8 Å². The van der Waals surface area contributed by atoms with Crippen molar-refractivity contribution in [3.63, 3.8) is 0 Å². The molecule has 22 heavy (non-hydrogen) atoms. The molecule has 0 saturated carbocycles. The molecule has 0 aromatic heterocycles. The van der Waals surface area contributed by atoms with Crippen LogP contribution in [0.15, 0.2) is 47.4 Å². The Hall–Kier alpha value is -2.54. The molecule has 0 saturated heterocycles. The van der Waals surface area contributed by atoms with Crippen molar-refractivity contribution in [1.29, 1.82) is 0 Å². The molecule has 7 heteroatoms. The fourth-order valence-electron chi connectivity index (χ4n) is 2.17. The average molecular weight is 318 g/mol. The molecule has 6 nitrogen and oxygen atoms in total. The molecule has 2 aromatic rings. The standard InChI is InChI=1S/C15H14N2O4S/c1-10-4-2-5-11(8-10)22(19,20)17-12-6-3-7-13-15(12)16-14(18)9-21-13/h2-8,17H,9H2,1H3,(H,16,18). The van der Waals surface area contributed by atoms with Crippen LogP contribution in [-0.4, -0.2) is 20.9 Å². The number of carbonyl (C=O) groups is 1. The largest absolute Gasteiger partial charge is 0.481 e. The molecule has 1 heterocycles. The number of carbonyl (C=O) groups excluding carboxylic acids is 1. The maximum atomic E-state index is 12.5. The normalized spacial score (nSPS) is 13.8. The van der Waals surface area contributed by atoms with Crippen LogP contribution in [0.25, 0.3) is 0 Å². The van der Waals surface area contributed by atoms with E-state index < -0.39 is 10.0 Å². The molecule has 0 fully saturated rings. The average Bonchev–Trinajstić information content (AvgIpc) is 2.48. The van der Waals surface area contributed by atoms with Crippen LogP contribution < -0.4 is 14.8 Å². The van der Waals surface area contributed by atoms with Gasteiger partial charge in [-0.2, -0.15) is 0 Å². The van der Waals surface area contributed by atoms with Gasteiger partial charge >= 0.3 is 0 Å². The summed E-state index contributed by atoms with van der Waals surface area (Å²) in [7, 11) is -3.74. The Balaban J connectivity index is 1.98. The third kappa shape index (κ3) is 2.75. The number of aryl methyl sites for hydroxylation is 1. The molecule has 1 amide bonds. The van der Waals surface area contributed by atoms with E-state index in [1.165, 1.54) is 6.07 Å². The summed E-state index contributed by atoms with van der Waals surface area (Å²) in [5.74, 6) is 0.110. The smallest absolute Gasteiger partial charge is 0.262 e. The Morgan fingerprint density at radius 3 is 2.73 bits per heavy atom. The van der Waals surface area contributed by atoms with Crippen LogP contribution in [0.2, 0.25) is 0 Å². The van der Waals surface area contributed by atoms with Crippen molar-refractivity contribution in [3.8, 4) is 5.75 Å². The second-order valence-electron chi connectivity index (χ2n) is 4.94. The fourth-order valence-corrected chi connectivity index (χ4v) is 3.35. The minimum Gasteiger partial charge on any atom is -0.481 e. The Labute approximate surface area is 128 Å². The lowest BCUT2D eigenvalue weighted by molar-refractivity contribution is -0.118. The minimum absolute atomic E-state index is 0.0823. The van der Waals surface area contributed by atoms with Crippen molar-refractivity contribution < 1.29 is 17.9 Å². The van der Waals surface area contributed by atoms with Gasteiger partial charge in [-0.05, 0) is 36.8 Å². The van der Waals surface area contributed by atoms with E-state index >= 15 is 0 Å². The molecule has 0 bridgehead atoms. The zero-order chi connectivity index (χ0) is 15.7. The van der Waals surface area contributed by atoms with Crippen LogP contribution in [0.1, 0.15) is 5.56 Å². The number of ether oxygens (including phenoxy) is 1. The lowest BCUT2D eigenvalue weighted by atomic mass is 10.2. The van der Waals surface area contributed by atoms with E-state index in [4.69, 9.17) is 4.74 Å². The summed E-state index contributed by atoms with van der Waals surface area (Å²) in [6, 6.07) is 11.5. The number of fused-ring (bicyclic) bond motifs is 1. The third-order valence-electron chi connectivity index (χ3n) is 3.19. The minimum atomic E-state index is -3.74. The molecular weight excluding hydrogens is 304 g/mol. The van der Waals surface area contributed by atoms with Gasteiger partial charge in [-0.3, -0.25) is 9.52 Å². The van der Waals surface area contributed by atoms with Crippen LogP contribution in [0, 0.1) is 6.92 Å². The maximum absolute atomic E-state index is 12.5. The maximum Gasteiger partial charge on any atom is 0.262 e. The predicted octanol–water partition coefficient (Wildman–Crippen LogP) is 2.13. The van der Waals surface area contributed by atoms with E-state index in [-0.39, 0.29) is 23.1 Å². The molecule has 3 rings (SSSR count). The summed E-state index contributed by atoms with van der Waals surface area (Å²) < 4.78 is 32.7. The van der Waals surface area contributed by atoms with Gasteiger partial charge in [0.15, 0.2) is 6.61 Å². The van der Waals surface area contributed by atoms with E-state index in [9.17, 15) is 13.2 Å². The van der Waals surface area contributed by atoms with Crippen LogP contribution in [0.4, 0.5) is 11.4 Å². The second kappa shape index (κ2) is 5.34. The summed E-state index contributed by atoms with van der Waals surface area (Å²) in [5.41, 5.74) is 1.44. The first-order valence-corrected chi connectivity index (χ1v) is 8.09. The number of rotatable bonds is 3. The number of hydrogen-bond donors (Lipinski definition) is 2. The first kappa shape index (κ1) is 14.4. The van der Waals surface area contributed by atoms with Gasteiger partial charge in [0, 0.05) is 0 Å². The summed E-state index contributed by atoms with van der Waals surface area (Å²) in [4.78, 5) is 11.6. The van der Waals surface area contributed by atoms with Gasteiger partial charge < -0.3 is 10.1 Å². The number of anilines is 2. The van der Waals surface area contributed by atoms with Gasteiger partial charge in [0.25, 0.3) is 15.9 Å². The highest BCUT2D eigenvalue weighted by Gasteiger charge is 2.22. The summed E-state index contributed by atoms with van der Waals surface area (Å²) >= 11 is 0. The lowest BCUT2D eigenvalue weighted by Crippen LogP contribution is -2.26. The highest BCUT2D eigenvalue weighted by atomic mass is 32.2. The highest BCUT2D eigenvalue weighted by Crippen LogP contribution is 2.35. The van der Waals surface area contributed by atoms with E-state index in [1.54, 1.807) is 30.3 Å². The number of amides is 1. The van der Waals surface area contributed by atoms with E-state index in [2.05, 4.69) is 10.0 Å². The summed E-state index contributed by atoms with van der Waals surface area (Å²) in [6.07, 6.45) is 0. The predicted molar refractivity (Wildman–Crippen MR) is 82.6 cm³/mol. The van der Waals surface area contributed by atoms with Crippen molar-refractivity contribution in [3.05, 3.63) is 48.0 Å². The van der Waals surface area contributed by atoms with E-state index in [0.29, 0.717) is 11.4 Å². The zero-order valence-corrected chi connectivity index (χ0v) is 12.6. The summed E-state index contributed by atoms with van der Waals surface area (Å²) in [6.45, 7) is 1.73. The number of nitrogens with one attached hydrogen (secondary N) is 2. The number of sulfonamides is 1. The van der Waals surface area contributed by atoms with Crippen LogP contribution in [0.3, 0.4) is 0 Å². The molecule has 0 unspecified atom stereocenters. The molecule has 0 radical (unpaired) electrons. The van der Waals surface area contributed by atoms with Gasteiger partial charge in [-0.15, -0.1) is 0 Å². The highest BCUT2D eigenvalue weighted by molar-refractivity contribution is 7.92. The van der Waals surface area contributed by atoms with E-state index in [1.807, 2.05) is 13.0 Å². The fraction of sp³-hybridized carbons (Fsp3) is 0.133. The SMILES string of the molecule is Cc1cccc(S(=O)(=O)Nc2cccc3c2NC(=O)CO3)c1. The van der Waals surface area contributed by atoms with Crippen LogP contribution >= 0.6 is 0 Å². The van der Waals surface area contributed by atoms with Crippen LogP contribution in [0.5, 0.6) is 5.75 Å². The van der Waals surface area contributed by atoms with E-state index in [0.717, 1.165) is 5.56 Å². The monoisotopic (exact) mass is 318 g/mol. The molecule has 1 aliphatic rings. The van der Waals surface area contributed by atoms with Gasteiger partial charge in [0.2, 0.25) is 0 Å². The van der Waals surface area contributed by atoms with Crippen molar-refractivity contribution in [2.45, 2.75) is 11.8 Å². The molecule has 0 spiro atoms. The van der Waals surface area contributed by atoms with Crippen molar-refractivity contribution >= 4 is 27.3 Å². The number of hydrogen-bond acceptors (Lipinski definition) is 4. The van der Waals surface area contributed by atoms with Crippen molar-refractivity contribution in [1.82, 2.24) is 0 Å². The second-order valence-corrected chi connectivity index (χ2v) is 6.62. The zero-order valence-electron chi connectivity index (χ0n) is 11.8. The van der Waals surface area contributed by atoms with Gasteiger partial charge in [0.05, 0.1) is 10.6 Å². The number of benzene rings is 2. The van der Waals surface area contributed by atoms with Gasteiger partial charge in [-0.1, -0.05) is 18.2 Å². The summed E-state index contributed by atoms with van der Waals surface area (Å²) in [5, 5.41) is 2.62. The van der Waals surface area contributed by atoms with Crippen molar-refractivity contribution in [2.24, 2.45) is 0 Å². The quantitative estimate of drug-likeness (QED) is 0.908. The number of para-hydroxylation sites is 1. The molecular formula is C15H14N2O4S. The Morgan fingerprint density at radius 2 is 1.95 bits per heavy atom. The Morgan fingerprint density at radius 1 is 1.18 bits per heavy atom. The van der Waals surface area contributed by atoms with Gasteiger partial charge in [-0.25, -0.2) is 8.42 Å². The first-order valence-electron chi connectivity index (χ1n) is 6.61. The molecule has 2 aromatic carbocycles. The first-order chi connectivity index (χ1) is 10.5.